The standard InChI is InChI=1S/C22H30N2O4S/c1-15-13-17(7-12-20(15)24-29(6,26)27)16(2)23-21(25)14-28-19-10-8-18(9-11-19)22(3,4)5/h7-13,16,24H,14H2,1-6H3,(H,23,25)/t16-/m1/s1. The first-order chi connectivity index (χ1) is 13.3. The monoisotopic (exact) mass is 418 g/mol. The van der Waals surface area contributed by atoms with E-state index in [2.05, 4.69) is 30.8 Å². The summed E-state index contributed by atoms with van der Waals surface area (Å²) in [6.07, 6.45) is 1.11. The summed E-state index contributed by atoms with van der Waals surface area (Å²) in [5.41, 5.74) is 3.45. The van der Waals surface area contributed by atoms with Gasteiger partial charge < -0.3 is 10.1 Å². The molecule has 0 aliphatic heterocycles. The Hall–Kier alpha value is -2.54. The van der Waals surface area contributed by atoms with Crippen molar-refractivity contribution in [3.8, 4) is 5.75 Å². The minimum absolute atomic E-state index is 0.0653. The molecule has 0 aliphatic rings. The summed E-state index contributed by atoms with van der Waals surface area (Å²) < 4.78 is 30.8. The molecule has 2 aromatic rings. The number of aryl methyl sites for hydroxylation is 1. The zero-order valence-electron chi connectivity index (χ0n) is 17.9. The van der Waals surface area contributed by atoms with Gasteiger partial charge in [-0.15, -0.1) is 0 Å². The van der Waals surface area contributed by atoms with Gasteiger partial charge in [0.05, 0.1) is 18.0 Å². The van der Waals surface area contributed by atoms with E-state index in [1.807, 2.05) is 44.2 Å². The average Bonchev–Trinajstić information content (AvgIpc) is 2.60. The highest BCUT2D eigenvalue weighted by molar-refractivity contribution is 7.92. The maximum atomic E-state index is 12.2. The van der Waals surface area contributed by atoms with Gasteiger partial charge in [0.1, 0.15) is 5.75 Å². The van der Waals surface area contributed by atoms with Gasteiger partial charge in [0.25, 0.3) is 5.91 Å². The fourth-order valence-electron chi connectivity index (χ4n) is 2.84. The summed E-state index contributed by atoms with van der Waals surface area (Å²) >= 11 is 0. The predicted octanol–water partition coefficient (Wildman–Crippen LogP) is 3.92. The van der Waals surface area contributed by atoms with Gasteiger partial charge in [0.2, 0.25) is 10.0 Å². The number of carbonyl (C=O) groups is 1. The van der Waals surface area contributed by atoms with Crippen LogP contribution in [-0.4, -0.2) is 27.2 Å². The van der Waals surface area contributed by atoms with Crippen LogP contribution in [0.15, 0.2) is 42.5 Å². The molecule has 2 aromatic carbocycles. The second-order valence-corrected chi connectivity index (χ2v) is 10.0. The molecule has 0 aromatic heterocycles. The van der Waals surface area contributed by atoms with Gasteiger partial charge in [-0.3, -0.25) is 9.52 Å². The molecule has 7 heteroatoms. The molecule has 0 radical (unpaired) electrons. The number of ether oxygens (including phenoxy) is 1. The van der Waals surface area contributed by atoms with Gasteiger partial charge >= 0.3 is 0 Å². The lowest BCUT2D eigenvalue weighted by atomic mass is 9.87. The first-order valence-corrected chi connectivity index (χ1v) is 11.4. The summed E-state index contributed by atoms with van der Waals surface area (Å²) in [4.78, 5) is 12.2. The first kappa shape index (κ1) is 22.7. The molecule has 2 rings (SSSR count). The molecule has 0 saturated carbocycles. The third kappa shape index (κ3) is 7.09. The molecule has 2 N–H and O–H groups in total. The van der Waals surface area contributed by atoms with Crippen molar-refractivity contribution < 1.29 is 17.9 Å². The molecule has 6 nitrogen and oxygen atoms in total. The van der Waals surface area contributed by atoms with Gasteiger partial charge in [0, 0.05) is 0 Å². The van der Waals surface area contributed by atoms with E-state index in [1.165, 1.54) is 5.56 Å². The molecule has 0 saturated heterocycles. The van der Waals surface area contributed by atoms with Crippen LogP contribution in [0.3, 0.4) is 0 Å². The second kappa shape index (κ2) is 8.86. The van der Waals surface area contributed by atoms with Crippen LogP contribution in [0, 0.1) is 6.92 Å². The van der Waals surface area contributed by atoms with Crippen molar-refractivity contribution in [2.75, 3.05) is 17.6 Å². The lowest BCUT2D eigenvalue weighted by molar-refractivity contribution is -0.123. The van der Waals surface area contributed by atoms with Crippen molar-refractivity contribution in [3.63, 3.8) is 0 Å². The fourth-order valence-corrected chi connectivity index (χ4v) is 3.47. The molecule has 0 heterocycles. The molecule has 0 fully saturated rings. The number of sulfonamides is 1. The van der Waals surface area contributed by atoms with Gasteiger partial charge in [0.15, 0.2) is 6.61 Å². The van der Waals surface area contributed by atoms with Crippen LogP contribution in [-0.2, 0) is 20.2 Å². The minimum Gasteiger partial charge on any atom is -0.484 e. The van der Waals surface area contributed by atoms with E-state index >= 15 is 0 Å². The van der Waals surface area contributed by atoms with E-state index in [-0.39, 0.29) is 24.0 Å². The summed E-state index contributed by atoms with van der Waals surface area (Å²) in [7, 11) is -3.33. The lowest BCUT2D eigenvalue weighted by Crippen LogP contribution is -2.31. The Bertz CT molecular complexity index is 961. The summed E-state index contributed by atoms with van der Waals surface area (Å²) in [5, 5.41) is 2.89. The normalized spacial score (nSPS) is 12.9. The molecule has 0 spiro atoms. The number of hydrogen-bond donors (Lipinski definition) is 2. The number of carbonyl (C=O) groups excluding carboxylic acids is 1. The maximum Gasteiger partial charge on any atom is 0.258 e. The van der Waals surface area contributed by atoms with E-state index in [1.54, 1.807) is 12.1 Å². The Kier molecular flexibility index (Phi) is 6.95. The Labute approximate surface area is 173 Å². The molecule has 1 atom stereocenters. The Morgan fingerprint density at radius 3 is 2.24 bits per heavy atom. The number of nitrogens with one attached hydrogen (secondary N) is 2. The summed E-state index contributed by atoms with van der Waals surface area (Å²) in [5.74, 6) is 0.418. The highest BCUT2D eigenvalue weighted by Gasteiger charge is 2.14. The van der Waals surface area contributed by atoms with Crippen LogP contribution in [0.25, 0.3) is 0 Å². The van der Waals surface area contributed by atoms with Crippen LogP contribution in [0.1, 0.15) is 50.4 Å². The number of anilines is 1. The number of benzene rings is 2. The molecule has 1 amide bonds. The van der Waals surface area contributed by atoms with E-state index in [4.69, 9.17) is 4.74 Å². The van der Waals surface area contributed by atoms with Crippen molar-refractivity contribution in [2.24, 2.45) is 0 Å². The molecular weight excluding hydrogens is 388 g/mol. The zero-order valence-corrected chi connectivity index (χ0v) is 18.7. The topological polar surface area (TPSA) is 84.5 Å². The lowest BCUT2D eigenvalue weighted by Gasteiger charge is -2.19. The van der Waals surface area contributed by atoms with Crippen molar-refractivity contribution in [2.45, 2.75) is 46.1 Å². The quantitative estimate of drug-likeness (QED) is 0.714. The van der Waals surface area contributed by atoms with Gasteiger partial charge in [-0.05, 0) is 54.2 Å². The van der Waals surface area contributed by atoms with Gasteiger partial charge in [-0.25, -0.2) is 8.42 Å². The Morgan fingerprint density at radius 1 is 1.10 bits per heavy atom. The number of amides is 1. The van der Waals surface area contributed by atoms with Crippen molar-refractivity contribution in [1.29, 1.82) is 0 Å². The summed E-state index contributed by atoms with van der Waals surface area (Å²) in [6.45, 7) is 10.0. The van der Waals surface area contributed by atoms with Crippen LogP contribution < -0.4 is 14.8 Å². The molecule has 0 bridgehead atoms. The third-order valence-corrected chi connectivity index (χ3v) is 5.10. The molecule has 0 aliphatic carbocycles. The van der Waals surface area contributed by atoms with Crippen LogP contribution >= 0.6 is 0 Å². The number of hydrogen-bond acceptors (Lipinski definition) is 4. The average molecular weight is 419 g/mol. The van der Waals surface area contributed by atoms with E-state index in [0.29, 0.717) is 11.4 Å². The molecular formula is C22H30N2O4S. The molecule has 0 unspecified atom stereocenters. The SMILES string of the molecule is Cc1cc([C@@H](C)NC(=O)COc2ccc(C(C)(C)C)cc2)ccc1NS(C)(=O)=O. The van der Waals surface area contributed by atoms with Crippen LogP contribution in [0.5, 0.6) is 5.75 Å². The number of rotatable bonds is 7. The van der Waals surface area contributed by atoms with Gasteiger partial charge in [-0.1, -0.05) is 45.0 Å². The molecule has 158 valence electrons. The van der Waals surface area contributed by atoms with E-state index < -0.39 is 10.0 Å². The smallest absolute Gasteiger partial charge is 0.258 e. The second-order valence-electron chi connectivity index (χ2n) is 8.30. The van der Waals surface area contributed by atoms with E-state index in [0.717, 1.165) is 17.4 Å². The van der Waals surface area contributed by atoms with Crippen LogP contribution in [0.4, 0.5) is 5.69 Å². The largest absolute Gasteiger partial charge is 0.484 e. The maximum absolute atomic E-state index is 12.2. The summed E-state index contributed by atoms with van der Waals surface area (Å²) in [6, 6.07) is 12.8. The Morgan fingerprint density at radius 2 is 1.72 bits per heavy atom. The highest BCUT2D eigenvalue weighted by Crippen LogP contribution is 2.24. The molecule has 29 heavy (non-hydrogen) atoms. The van der Waals surface area contributed by atoms with Crippen molar-refractivity contribution in [3.05, 3.63) is 59.2 Å². The van der Waals surface area contributed by atoms with E-state index in [9.17, 15) is 13.2 Å². The van der Waals surface area contributed by atoms with Crippen molar-refractivity contribution >= 4 is 21.6 Å². The zero-order chi connectivity index (χ0) is 21.8. The fraction of sp³-hybridized carbons (Fsp3) is 0.409. The predicted molar refractivity (Wildman–Crippen MR) is 117 cm³/mol. The first-order valence-electron chi connectivity index (χ1n) is 9.46. The van der Waals surface area contributed by atoms with Crippen LogP contribution in [0.2, 0.25) is 0 Å². The minimum atomic E-state index is -3.33. The highest BCUT2D eigenvalue weighted by atomic mass is 32.2. The Balaban J connectivity index is 1.92. The third-order valence-electron chi connectivity index (χ3n) is 4.51. The van der Waals surface area contributed by atoms with Gasteiger partial charge in [-0.2, -0.15) is 0 Å². The van der Waals surface area contributed by atoms with Crippen molar-refractivity contribution in [1.82, 2.24) is 5.32 Å².